The third kappa shape index (κ3) is 5.05. The molecule has 0 heterocycles. The highest BCUT2D eigenvalue weighted by Crippen LogP contribution is 2.45. The molecule has 0 aliphatic carbocycles. The van der Waals surface area contributed by atoms with E-state index in [1.54, 1.807) is 0 Å². The molecule has 0 aliphatic heterocycles. The van der Waals surface area contributed by atoms with Crippen LogP contribution in [0.1, 0.15) is 62.3 Å². The fourth-order valence-corrected chi connectivity index (χ4v) is 97.0. The zero-order chi connectivity index (χ0) is 19.3. The molecule has 0 aromatic rings. The maximum atomic E-state index is 2.75. The third-order valence-corrected chi connectivity index (χ3v) is 75.9. The van der Waals surface area contributed by atoms with Crippen LogP contribution in [-0.2, 0) is 0 Å². The third-order valence-electron chi connectivity index (χ3n) is 7.31. The zero-order valence-electron chi connectivity index (χ0n) is 19.0. The van der Waals surface area contributed by atoms with Crippen molar-refractivity contribution in [3.63, 3.8) is 0 Å². The van der Waals surface area contributed by atoms with Gasteiger partial charge in [-0.3, -0.25) is 0 Å². The second-order valence-corrected chi connectivity index (χ2v) is 50.6. The lowest BCUT2D eigenvalue weighted by Crippen LogP contribution is -2.67. The Morgan fingerprint density at radius 2 is 0.783 bits per heavy atom. The number of rotatable bonds is 3. The van der Waals surface area contributed by atoms with E-state index < -0.39 is 22.8 Å². The van der Waals surface area contributed by atoms with Gasteiger partial charge in [0.1, 0.15) is 0 Å². The predicted molar refractivity (Wildman–Crippen MR) is 123 cm³/mol. The Labute approximate surface area is 154 Å². The first-order valence-corrected chi connectivity index (χ1v) is 24.8. The SMILES string of the molecule is CC(C)(C)[Si](C)(C)[Si-]=[Si]([Si](C)(C)C(C)(C)C)[Si](C)(C)C(C)(C)C. The fraction of sp³-hybridized carbons (Fsp3) is 1.00. The predicted octanol–water partition coefficient (Wildman–Crippen LogP) is 6.86. The highest BCUT2D eigenvalue weighted by molar-refractivity contribution is 7.70. The molecule has 0 amide bonds. The first-order valence-electron chi connectivity index (χ1n) is 9.25. The van der Waals surface area contributed by atoms with Crippen molar-refractivity contribution in [2.45, 2.75) is 117 Å². The molecule has 0 unspecified atom stereocenters. The van der Waals surface area contributed by atoms with Crippen molar-refractivity contribution >= 4 is 37.8 Å². The maximum absolute atomic E-state index is 2.75. The molecule has 0 aromatic heterocycles. The summed E-state index contributed by atoms with van der Waals surface area (Å²) in [6, 6.07) is 0. The molecule has 0 atom stereocenters. The van der Waals surface area contributed by atoms with Crippen LogP contribution < -0.4 is 0 Å². The van der Waals surface area contributed by atoms with Crippen molar-refractivity contribution in [3.8, 4) is 0 Å². The summed E-state index contributed by atoms with van der Waals surface area (Å²) in [7, 11) is -2.40. The summed E-state index contributed by atoms with van der Waals surface area (Å²) in [6.45, 7) is 38.9. The van der Waals surface area contributed by atoms with E-state index in [1.165, 1.54) is 8.13 Å². The lowest BCUT2D eigenvalue weighted by atomic mass is 10.2. The average Bonchev–Trinajstić information content (AvgIpc) is 2.20. The number of hydrogen-bond acceptors (Lipinski definition) is 0. The molecule has 5 heteroatoms. The summed E-state index contributed by atoms with van der Waals surface area (Å²) in [5.41, 5.74) is 0. The summed E-state index contributed by atoms with van der Waals surface area (Å²) in [5, 5.41) is 1.60. The van der Waals surface area contributed by atoms with Crippen LogP contribution in [0.4, 0.5) is 0 Å². The highest BCUT2D eigenvalue weighted by Gasteiger charge is 2.45. The molecule has 0 saturated heterocycles. The van der Waals surface area contributed by atoms with Crippen LogP contribution in [0.5, 0.6) is 0 Å². The van der Waals surface area contributed by atoms with E-state index in [2.05, 4.69) is 102 Å². The molecule has 0 fully saturated rings. The van der Waals surface area contributed by atoms with Gasteiger partial charge in [-0.05, 0) is 10.1 Å². The van der Waals surface area contributed by atoms with Gasteiger partial charge in [-0.15, -0.1) is 7.59 Å². The number of hydrogen-bond donors (Lipinski definition) is 0. The van der Waals surface area contributed by atoms with E-state index in [-0.39, 0.29) is 6.93 Å². The van der Waals surface area contributed by atoms with E-state index >= 15 is 0 Å². The normalized spacial score (nSPS) is 15.6. The van der Waals surface area contributed by atoms with E-state index in [4.69, 9.17) is 0 Å². The minimum Gasteiger partial charge on any atom is -0.462 e. The van der Waals surface area contributed by atoms with Gasteiger partial charge in [-0.25, -0.2) is 6.93 Å². The minimum absolute atomic E-state index is 0.284. The van der Waals surface area contributed by atoms with Gasteiger partial charge in [0.15, 0.2) is 0 Å². The first kappa shape index (κ1) is 24.1. The Balaban J connectivity index is 6.62. The van der Waals surface area contributed by atoms with Crippen LogP contribution >= 0.6 is 0 Å². The second kappa shape index (κ2) is 6.67. The van der Waals surface area contributed by atoms with Crippen molar-refractivity contribution in [1.82, 2.24) is 0 Å². The van der Waals surface area contributed by atoms with Gasteiger partial charge in [0.25, 0.3) is 0 Å². The Kier molecular flexibility index (Phi) is 6.98. The van der Waals surface area contributed by atoms with E-state index in [0.29, 0.717) is 15.1 Å². The Morgan fingerprint density at radius 1 is 0.522 bits per heavy atom. The molecule has 0 bridgehead atoms. The van der Waals surface area contributed by atoms with Crippen molar-refractivity contribution in [2.24, 2.45) is 0 Å². The van der Waals surface area contributed by atoms with Crippen LogP contribution in [0.3, 0.4) is 0 Å². The first-order chi connectivity index (χ1) is 9.59. The fourth-order valence-electron chi connectivity index (χ4n) is 2.34. The average molecular weight is 402 g/mol. The highest BCUT2D eigenvalue weighted by atomic mass is 29.8. The van der Waals surface area contributed by atoms with Gasteiger partial charge in [-0.1, -0.05) is 107 Å². The maximum Gasteiger partial charge on any atom is 0.0211 e. The smallest absolute Gasteiger partial charge is 0.0211 e. The topological polar surface area (TPSA) is 0 Å². The summed E-state index contributed by atoms with van der Waals surface area (Å²) in [6.07, 6.45) is 0. The Hall–Kier alpha value is 1.08. The minimum atomic E-state index is -1.26. The van der Waals surface area contributed by atoms with Gasteiger partial charge in [0.2, 0.25) is 0 Å². The molecule has 0 N–H and O–H groups in total. The van der Waals surface area contributed by atoms with E-state index in [1.807, 2.05) is 0 Å². The van der Waals surface area contributed by atoms with Crippen molar-refractivity contribution in [2.75, 3.05) is 0 Å². The summed E-state index contributed by atoms with van der Waals surface area (Å²) >= 11 is 0. The summed E-state index contributed by atoms with van der Waals surface area (Å²) in [4.78, 5) is 0. The molecular formula is C18H45Si5-. The van der Waals surface area contributed by atoms with Gasteiger partial charge >= 0.3 is 0 Å². The van der Waals surface area contributed by atoms with Crippen molar-refractivity contribution < 1.29 is 0 Å². The standard InChI is InChI=1S/C18H45Si5/c1-16(2,3)21(10,11)19-20(22(12,13)17(4,5)6)23(14,15)18(7,8)9/h1-15H3/q-1. The van der Waals surface area contributed by atoms with Crippen LogP contribution in [-0.4, -0.2) is 37.8 Å². The molecule has 138 valence electrons. The van der Waals surface area contributed by atoms with Crippen LogP contribution in [0.2, 0.25) is 54.4 Å². The lowest BCUT2D eigenvalue weighted by molar-refractivity contribution is 0.728. The summed E-state index contributed by atoms with van der Waals surface area (Å²) < 4.78 is 0. The second-order valence-electron chi connectivity index (χ2n) is 12.1. The van der Waals surface area contributed by atoms with Gasteiger partial charge < -0.3 is 8.13 Å². The van der Waals surface area contributed by atoms with Crippen LogP contribution in [0.25, 0.3) is 0 Å². The van der Waals surface area contributed by atoms with E-state index in [0.717, 1.165) is 0 Å². The molecule has 0 nitrogen and oxygen atoms in total. The molecular weight excluding hydrogens is 357 g/mol. The van der Waals surface area contributed by atoms with Crippen molar-refractivity contribution in [3.05, 3.63) is 0 Å². The Bertz CT molecular complexity index is 423. The van der Waals surface area contributed by atoms with E-state index in [9.17, 15) is 0 Å². The van der Waals surface area contributed by atoms with Crippen LogP contribution in [0, 0.1) is 0 Å². The molecule has 0 rings (SSSR count). The molecule has 0 saturated carbocycles. The molecule has 0 aromatic carbocycles. The van der Waals surface area contributed by atoms with Gasteiger partial charge in [-0.2, -0.15) is 0 Å². The molecule has 0 spiro atoms. The van der Waals surface area contributed by atoms with Crippen molar-refractivity contribution in [1.29, 1.82) is 0 Å². The largest absolute Gasteiger partial charge is 0.462 e. The summed E-state index contributed by atoms with van der Waals surface area (Å²) in [5.74, 6) is 0. The quantitative estimate of drug-likeness (QED) is 0.453. The Morgan fingerprint density at radius 3 is 0.957 bits per heavy atom. The zero-order valence-corrected chi connectivity index (χ0v) is 24.0. The van der Waals surface area contributed by atoms with Gasteiger partial charge in [0.05, 0.1) is 0 Å². The molecule has 0 radical (unpaired) electrons. The molecule has 0 aliphatic rings. The monoisotopic (exact) mass is 401 g/mol. The lowest BCUT2D eigenvalue weighted by Gasteiger charge is -2.58. The molecule has 23 heavy (non-hydrogen) atoms. The van der Waals surface area contributed by atoms with Crippen LogP contribution in [0.15, 0.2) is 0 Å². The van der Waals surface area contributed by atoms with Gasteiger partial charge in [0, 0.05) is 15.2 Å².